The number of hydrogen-bond acceptors (Lipinski definition) is 7. The molecule has 0 N–H and O–H groups in total. The number of ether oxygens (including phenoxy) is 2. The van der Waals surface area contributed by atoms with E-state index in [9.17, 15) is 0 Å². The first-order chi connectivity index (χ1) is 10.7. The van der Waals surface area contributed by atoms with Gasteiger partial charge in [-0.2, -0.15) is 0 Å². The van der Waals surface area contributed by atoms with Crippen molar-refractivity contribution in [2.75, 3.05) is 25.1 Å². The predicted molar refractivity (Wildman–Crippen MR) is 81.2 cm³/mol. The first-order valence-corrected chi connectivity index (χ1v) is 7.31. The average Bonchev–Trinajstić information content (AvgIpc) is 2.56. The van der Waals surface area contributed by atoms with Gasteiger partial charge in [0.25, 0.3) is 0 Å². The maximum absolute atomic E-state index is 5.91. The van der Waals surface area contributed by atoms with Crippen LogP contribution in [0.1, 0.15) is 18.5 Å². The molecular formula is C15H19N5O2. The molecule has 0 saturated carbocycles. The maximum atomic E-state index is 5.91. The lowest BCUT2D eigenvalue weighted by Gasteiger charge is -2.32. The molecule has 2 aromatic heterocycles. The summed E-state index contributed by atoms with van der Waals surface area (Å²) in [5, 5.41) is 0. The topological polar surface area (TPSA) is 73.3 Å². The first kappa shape index (κ1) is 14.5. The van der Waals surface area contributed by atoms with Gasteiger partial charge in [-0.15, -0.1) is 0 Å². The zero-order chi connectivity index (χ0) is 15.4. The van der Waals surface area contributed by atoms with Crippen LogP contribution in [0.5, 0.6) is 11.8 Å². The highest BCUT2D eigenvalue weighted by Crippen LogP contribution is 2.22. The van der Waals surface area contributed by atoms with Crippen molar-refractivity contribution >= 4 is 5.82 Å². The van der Waals surface area contributed by atoms with E-state index >= 15 is 0 Å². The van der Waals surface area contributed by atoms with E-state index in [1.54, 1.807) is 19.5 Å². The molecule has 7 heteroatoms. The third-order valence-electron chi connectivity index (χ3n) is 3.62. The number of aromatic nitrogens is 4. The lowest BCUT2D eigenvalue weighted by Crippen LogP contribution is -2.38. The molecule has 0 unspecified atom stereocenters. The van der Waals surface area contributed by atoms with Gasteiger partial charge in [-0.3, -0.25) is 4.98 Å². The highest BCUT2D eigenvalue weighted by molar-refractivity contribution is 5.41. The van der Waals surface area contributed by atoms with Gasteiger partial charge in [0, 0.05) is 38.2 Å². The second-order valence-corrected chi connectivity index (χ2v) is 5.22. The molecule has 1 aliphatic heterocycles. The van der Waals surface area contributed by atoms with Crippen molar-refractivity contribution in [3.63, 3.8) is 0 Å². The standard InChI is InChI=1S/C15H19N5O2/c1-11-8-16-9-15(19-11)22-12-3-5-20(6-4-12)13-7-14(21-2)18-10-17-13/h7-10,12H,3-6H2,1-2H3. The Morgan fingerprint density at radius 1 is 1.14 bits per heavy atom. The summed E-state index contributed by atoms with van der Waals surface area (Å²) in [6, 6.07) is 1.85. The summed E-state index contributed by atoms with van der Waals surface area (Å²) in [6.45, 7) is 3.67. The van der Waals surface area contributed by atoms with Crippen LogP contribution in [-0.2, 0) is 0 Å². The number of nitrogens with zero attached hydrogens (tertiary/aromatic N) is 5. The molecule has 3 rings (SSSR count). The van der Waals surface area contributed by atoms with Crippen LogP contribution in [0.2, 0.25) is 0 Å². The molecule has 1 aliphatic rings. The summed E-state index contributed by atoms with van der Waals surface area (Å²) in [5.41, 5.74) is 0.864. The van der Waals surface area contributed by atoms with E-state index < -0.39 is 0 Å². The van der Waals surface area contributed by atoms with Crippen LogP contribution in [0.25, 0.3) is 0 Å². The summed E-state index contributed by atoms with van der Waals surface area (Å²) in [5.74, 6) is 2.07. The number of rotatable bonds is 4. The molecule has 1 fully saturated rings. The average molecular weight is 301 g/mol. The van der Waals surface area contributed by atoms with Gasteiger partial charge in [0.1, 0.15) is 18.2 Å². The quantitative estimate of drug-likeness (QED) is 0.849. The summed E-state index contributed by atoms with van der Waals surface area (Å²) in [6.07, 6.45) is 6.91. The van der Waals surface area contributed by atoms with Crippen molar-refractivity contribution in [3.05, 3.63) is 30.5 Å². The minimum Gasteiger partial charge on any atom is -0.481 e. The summed E-state index contributed by atoms with van der Waals surface area (Å²) in [4.78, 5) is 19.0. The lowest BCUT2D eigenvalue weighted by molar-refractivity contribution is 0.163. The van der Waals surface area contributed by atoms with Crippen molar-refractivity contribution in [3.8, 4) is 11.8 Å². The number of anilines is 1. The van der Waals surface area contributed by atoms with Gasteiger partial charge in [0.15, 0.2) is 0 Å². The Morgan fingerprint density at radius 2 is 1.95 bits per heavy atom. The lowest BCUT2D eigenvalue weighted by atomic mass is 10.1. The van der Waals surface area contributed by atoms with Crippen molar-refractivity contribution < 1.29 is 9.47 Å². The summed E-state index contributed by atoms with van der Waals surface area (Å²) >= 11 is 0. The molecule has 7 nitrogen and oxygen atoms in total. The summed E-state index contributed by atoms with van der Waals surface area (Å²) in [7, 11) is 1.61. The third-order valence-corrected chi connectivity index (χ3v) is 3.62. The Labute approximate surface area is 129 Å². The molecule has 3 heterocycles. The Balaban J connectivity index is 1.58. The molecule has 0 aromatic carbocycles. The van der Waals surface area contributed by atoms with Crippen LogP contribution >= 0.6 is 0 Å². The van der Waals surface area contributed by atoms with Gasteiger partial charge >= 0.3 is 0 Å². The van der Waals surface area contributed by atoms with Gasteiger partial charge in [-0.1, -0.05) is 0 Å². The monoisotopic (exact) mass is 301 g/mol. The fourth-order valence-corrected chi connectivity index (χ4v) is 2.49. The highest BCUT2D eigenvalue weighted by atomic mass is 16.5. The smallest absolute Gasteiger partial charge is 0.232 e. The van der Waals surface area contributed by atoms with Gasteiger partial charge in [-0.05, 0) is 6.92 Å². The zero-order valence-electron chi connectivity index (χ0n) is 12.8. The van der Waals surface area contributed by atoms with Gasteiger partial charge in [0.05, 0.1) is 19.0 Å². The molecular weight excluding hydrogens is 282 g/mol. The van der Waals surface area contributed by atoms with E-state index in [2.05, 4.69) is 24.8 Å². The van der Waals surface area contributed by atoms with Gasteiger partial charge in [-0.25, -0.2) is 15.0 Å². The van der Waals surface area contributed by atoms with E-state index in [0.717, 1.165) is 37.4 Å². The molecule has 116 valence electrons. The Bertz CT molecular complexity index is 629. The van der Waals surface area contributed by atoms with Crippen LogP contribution in [0.3, 0.4) is 0 Å². The Hall–Kier alpha value is -2.44. The minimum absolute atomic E-state index is 0.163. The second kappa shape index (κ2) is 6.55. The first-order valence-electron chi connectivity index (χ1n) is 7.31. The molecule has 1 saturated heterocycles. The molecule has 0 radical (unpaired) electrons. The van der Waals surface area contributed by atoms with Gasteiger partial charge in [0.2, 0.25) is 11.8 Å². The Kier molecular flexibility index (Phi) is 4.32. The largest absolute Gasteiger partial charge is 0.481 e. The fraction of sp³-hybridized carbons (Fsp3) is 0.467. The van der Waals surface area contributed by atoms with E-state index in [0.29, 0.717) is 11.8 Å². The molecule has 0 spiro atoms. The SMILES string of the molecule is COc1cc(N2CCC(Oc3cncc(C)n3)CC2)ncn1. The van der Waals surface area contributed by atoms with Crippen LogP contribution < -0.4 is 14.4 Å². The minimum atomic E-state index is 0.163. The molecule has 2 aromatic rings. The second-order valence-electron chi connectivity index (χ2n) is 5.22. The van der Waals surface area contributed by atoms with Crippen LogP contribution in [0.4, 0.5) is 5.82 Å². The van der Waals surface area contributed by atoms with E-state index in [1.165, 1.54) is 6.33 Å². The predicted octanol–water partition coefficient (Wildman–Crippen LogP) is 1.63. The molecule has 0 bridgehead atoms. The van der Waals surface area contributed by atoms with E-state index in [4.69, 9.17) is 9.47 Å². The molecule has 0 aliphatic carbocycles. The van der Waals surface area contributed by atoms with Crippen LogP contribution in [0.15, 0.2) is 24.8 Å². The molecule has 22 heavy (non-hydrogen) atoms. The number of piperidine rings is 1. The van der Waals surface area contributed by atoms with Gasteiger partial charge < -0.3 is 14.4 Å². The van der Waals surface area contributed by atoms with E-state index in [-0.39, 0.29) is 6.10 Å². The van der Waals surface area contributed by atoms with Crippen LogP contribution in [-0.4, -0.2) is 46.2 Å². The maximum Gasteiger partial charge on any atom is 0.232 e. The number of aryl methyl sites for hydroxylation is 1. The van der Waals surface area contributed by atoms with Crippen LogP contribution in [0, 0.1) is 6.92 Å². The zero-order valence-corrected chi connectivity index (χ0v) is 12.8. The molecule has 0 amide bonds. The summed E-state index contributed by atoms with van der Waals surface area (Å²) < 4.78 is 11.0. The highest BCUT2D eigenvalue weighted by Gasteiger charge is 2.22. The number of hydrogen-bond donors (Lipinski definition) is 0. The number of methoxy groups -OCH3 is 1. The van der Waals surface area contributed by atoms with Crippen molar-refractivity contribution in [2.45, 2.75) is 25.9 Å². The normalized spacial score (nSPS) is 15.6. The van der Waals surface area contributed by atoms with Crippen molar-refractivity contribution in [2.24, 2.45) is 0 Å². The van der Waals surface area contributed by atoms with E-state index in [1.807, 2.05) is 13.0 Å². The molecule has 0 atom stereocenters. The van der Waals surface area contributed by atoms with Crippen molar-refractivity contribution in [1.82, 2.24) is 19.9 Å². The third kappa shape index (κ3) is 3.41. The van der Waals surface area contributed by atoms with Crippen molar-refractivity contribution in [1.29, 1.82) is 0 Å². The fourth-order valence-electron chi connectivity index (χ4n) is 2.49. The Morgan fingerprint density at radius 3 is 2.68 bits per heavy atom.